The molecule has 4 rings (SSSR count). The van der Waals surface area contributed by atoms with Crippen molar-refractivity contribution in [2.24, 2.45) is 0 Å². The molecule has 0 fully saturated rings. The van der Waals surface area contributed by atoms with Gasteiger partial charge in [0.25, 0.3) is 0 Å². The van der Waals surface area contributed by atoms with E-state index in [4.69, 9.17) is 4.52 Å². The molecule has 0 aliphatic rings. The van der Waals surface area contributed by atoms with Crippen LogP contribution >= 0.6 is 0 Å². The van der Waals surface area contributed by atoms with Gasteiger partial charge in [-0.3, -0.25) is 4.79 Å². The van der Waals surface area contributed by atoms with Gasteiger partial charge in [-0.15, -0.1) is 0 Å². The molecule has 0 bridgehead atoms. The number of para-hydroxylation sites is 1. The topological polar surface area (TPSA) is 68.3 Å². The van der Waals surface area contributed by atoms with Crippen molar-refractivity contribution in [3.63, 3.8) is 0 Å². The minimum absolute atomic E-state index is 0.135. The first kappa shape index (κ1) is 17.0. The fraction of sp³-hybridized carbons (Fsp3) is 0.100. The fourth-order valence-corrected chi connectivity index (χ4v) is 3.40. The number of carbonyl (C=O) groups excluding carboxylic acids is 1. The van der Waals surface area contributed by atoms with Gasteiger partial charge in [0.05, 0.1) is 28.2 Å². The highest BCUT2D eigenvalue weighted by atomic mass is 19.1. The summed E-state index contributed by atoms with van der Waals surface area (Å²) in [6, 6.07) is 8.52. The number of phenols is 1. The van der Waals surface area contributed by atoms with Gasteiger partial charge in [0.1, 0.15) is 5.76 Å². The minimum Gasteiger partial charge on any atom is -0.505 e. The van der Waals surface area contributed by atoms with E-state index in [0.717, 1.165) is 6.07 Å². The largest absolute Gasteiger partial charge is 0.505 e. The molecule has 136 valence electrons. The number of hydrogen-bond donors (Lipinski definition) is 1. The van der Waals surface area contributed by atoms with Gasteiger partial charge in [-0.2, -0.15) is 0 Å². The molecule has 0 saturated carbocycles. The first-order valence-electron chi connectivity index (χ1n) is 8.14. The molecule has 0 amide bonds. The molecule has 0 aliphatic heterocycles. The van der Waals surface area contributed by atoms with Crippen LogP contribution in [0.2, 0.25) is 0 Å². The smallest absolute Gasteiger partial charge is 0.167 e. The van der Waals surface area contributed by atoms with E-state index < -0.39 is 17.4 Å². The molecule has 4 aromatic rings. The lowest BCUT2D eigenvalue weighted by molar-refractivity contribution is 0.112. The second kappa shape index (κ2) is 6.05. The fourth-order valence-electron chi connectivity index (χ4n) is 3.40. The number of rotatable bonds is 3. The van der Waals surface area contributed by atoms with Crippen LogP contribution in [0.4, 0.5) is 8.78 Å². The predicted molar refractivity (Wildman–Crippen MR) is 95.2 cm³/mol. The molecular weight excluding hydrogens is 354 g/mol. The van der Waals surface area contributed by atoms with Crippen LogP contribution in [0, 0.1) is 25.5 Å². The zero-order chi connectivity index (χ0) is 19.3. The summed E-state index contributed by atoms with van der Waals surface area (Å²) in [5.74, 6) is -2.15. The van der Waals surface area contributed by atoms with Crippen LogP contribution in [0.3, 0.4) is 0 Å². The van der Waals surface area contributed by atoms with Crippen LogP contribution in [0.25, 0.3) is 27.8 Å². The number of aromatic hydroxyl groups is 1. The number of carbonyl (C=O) groups is 1. The number of aromatic nitrogens is 2. The molecule has 2 aromatic carbocycles. The van der Waals surface area contributed by atoms with E-state index in [1.165, 1.54) is 4.57 Å². The van der Waals surface area contributed by atoms with Gasteiger partial charge in [0, 0.05) is 23.1 Å². The molecule has 0 saturated heterocycles. The average molecular weight is 368 g/mol. The predicted octanol–water partition coefficient (Wildman–Crippen LogP) is 4.70. The van der Waals surface area contributed by atoms with Crippen molar-refractivity contribution in [1.82, 2.24) is 9.72 Å². The number of hydrogen-bond acceptors (Lipinski definition) is 4. The van der Waals surface area contributed by atoms with Crippen LogP contribution in [-0.4, -0.2) is 21.1 Å². The van der Waals surface area contributed by atoms with Crippen molar-refractivity contribution in [1.29, 1.82) is 0 Å². The Bertz CT molecular complexity index is 1190. The van der Waals surface area contributed by atoms with Gasteiger partial charge >= 0.3 is 0 Å². The van der Waals surface area contributed by atoms with E-state index in [0.29, 0.717) is 51.5 Å². The second-order valence-electron chi connectivity index (χ2n) is 6.19. The van der Waals surface area contributed by atoms with Gasteiger partial charge < -0.3 is 14.2 Å². The maximum atomic E-state index is 14.7. The highest BCUT2D eigenvalue weighted by Crippen LogP contribution is 2.39. The molecule has 27 heavy (non-hydrogen) atoms. The van der Waals surface area contributed by atoms with E-state index in [2.05, 4.69) is 5.16 Å². The van der Waals surface area contributed by atoms with Crippen molar-refractivity contribution >= 4 is 17.2 Å². The summed E-state index contributed by atoms with van der Waals surface area (Å²) >= 11 is 0. The van der Waals surface area contributed by atoms with Crippen molar-refractivity contribution in [3.8, 4) is 22.7 Å². The molecule has 0 radical (unpaired) electrons. The Morgan fingerprint density at radius 3 is 2.56 bits per heavy atom. The average Bonchev–Trinajstić information content (AvgIpc) is 3.14. The van der Waals surface area contributed by atoms with Crippen molar-refractivity contribution in [3.05, 3.63) is 65.1 Å². The Morgan fingerprint density at radius 2 is 1.89 bits per heavy atom. The Labute approximate surface area is 152 Å². The number of aryl methyl sites for hydroxylation is 2. The lowest BCUT2D eigenvalue weighted by Gasteiger charge is -2.13. The Morgan fingerprint density at radius 1 is 1.15 bits per heavy atom. The Balaban J connectivity index is 2.23. The number of aldehydes is 1. The first-order chi connectivity index (χ1) is 12.9. The summed E-state index contributed by atoms with van der Waals surface area (Å²) in [6.07, 6.45) is 0.675. The van der Waals surface area contributed by atoms with E-state index in [-0.39, 0.29) is 5.69 Å². The third-order valence-electron chi connectivity index (χ3n) is 4.56. The monoisotopic (exact) mass is 368 g/mol. The summed E-state index contributed by atoms with van der Waals surface area (Å²) in [7, 11) is 0. The molecule has 2 aromatic heterocycles. The molecule has 0 unspecified atom stereocenters. The van der Waals surface area contributed by atoms with E-state index in [1.807, 2.05) is 0 Å². The molecular formula is C20H14F2N2O3. The van der Waals surface area contributed by atoms with E-state index in [9.17, 15) is 18.7 Å². The summed E-state index contributed by atoms with van der Waals surface area (Å²) in [5, 5.41) is 14.0. The van der Waals surface area contributed by atoms with Crippen molar-refractivity contribution < 1.29 is 23.2 Å². The first-order valence-corrected chi connectivity index (χ1v) is 8.14. The maximum Gasteiger partial charge on any atom is 0.167 e. The third kappa shape index (κ3) is 2.43. The lowest BCUT2D eigenvalue weighted by atomic mass is 10.0. The number of phenolic OH excluding ortho intramolecular Hbond substituents is 1. The molecule has 0 spiro atoms. The number of benzene rings is 2. The van der Waals surface area contributed by atoms with Crippen molar-refractivity contribution in [2.75, 3.05) is 0 Å². The Hall–Kier alpha value is -3.48. The second-order valence-corrected chi connectivity index (χ2v) is 6.19. The SMILES string of the molecule is Cc1noc(C)c1-c1c(C=O)c2ccccc2n1-c1cc(F)c(O)cc1F. The van der Waals surface area contributed by atoms with Crippen LogP contribution in [0.5, 0.6) is 5.75 Å². The van der Waals surface area contributed by atoms with Crippen LogP contribution in [0.15, 0.2) is 40.9 Å². The van der Waals surface area contributed by atoms with Gasteiger partial charge in [-0.05, 0) is 19.9 Å². The molecule has 1 N–H and O–H groups in total. The summed E-state index contributed by atoms with van der Waals surface area (Å²) in [5.41, 5.74) is 2.09. The standard InChI is InChI=1S/C20H14F2N2O3/c1-10-19(11(2)27-23-10)20-13(9-25)12-5-3-4-6-16(12)24(20)17-7-15(22)18(26)8-14(17)21/h3-9,26H,1-2H3. The lowest BCUT2D eigenvalue weighted by Crippen LogP contribution is -2.03. The van der Waals surface area contributed by atoms with E-state index in [1.54, 1.807) is 38.1 Å². The molecule has 5 nitrogen and oxygen atoms in total. The van der Waals surface area contributed by atoms with Crippen LogP contribution < -0.4 is 0 Å². The zero-order valence-electron chi connectivity index (χ0n) is 14.5. The summed E-state index contributed by atoms with van der Waals surface area (Å²) in [4.78, 5) is 11.9. The normalized spacial score (nSPS) is 11.3. The van der Waals surface area contributed by atoms with Gasteiger partial charge in [0.15, 0.2) is 23.7 Å². The van der Waals surface area contributed by atoms with Crippen molar-refractivity contribution in [2.45, 2.75) is 13.8 Å². The molecule has 0 aliphatic carbocycles. The number of nitrogens with zero attached hydrogens (tertiary/aromatic N) is 2. The highest BCUT2D eigenvalue weighted by Gasteiger charge is 2.26. The molecule has 7 heteroatoms. The van der Waals surface area contributed by atoms with Crippen LogP contribution in [0.1, 0.15) is 21.8 Å². The van der Waals surface area contributed by atoms with Gasteiger partial charge in [0.2, 0.25) is 0 Å². The number of fused-ring (bicyclic) bond motifs is 1. The zero-order valence-corrected chi connectivity index (χ0v) is 14.5. The van der Waals surface area contributed by atoms with Gasteiger partial charge in [-0.25, -0.2) is 8.78 Å². The maximum absolute atomic E-state index is 14.7. The molecule has 2 heterocycles. The summed E-state index contributed by atoms with van der Waals surface area (Å²) < 4.78 is 35.4. The van der Waals surface area contributed by atoms with Gasteiger partial charge in [-0.1, -0.05) is 23.4 Å². The molecule has 0 atom stereocenters. The highest BCUT2D eigenvalue weighted by molar-refractivity contribution is 6.06. The van der Waals surface area contributed by atoms with E-state index >= 15 is 0 Å². The third-order valence-corrected chi connectivity index (χ3v) is 4.56. The quantitative estimate of drug-likeness (QED) is 0.532. The summed E-state index contributed by atoms with van der Waals surface area (Å²) in [6.45, 7) is 3.38. The Kier molecular flexibility index (Phi) is 3.80. The number of halogens is 2. The van der Waals surface area contributed by atoms with Crippen LogP contribution in [-0.2, 0) is 0 Å². The minimum atomic E-state index is -0.971.